The number of H-pyrrole nitrogens is 1. The van der Waals surface area contributed by atoms with E-state index in [9.17, 15) is 40.2 Å². The van der Waals surface area contributed by atoms with Gasteiger partial charge in [-0.25, -0.2) is 4.98 Å². The number of carboxylic acid groups (broad SMARTS) is 1. The molecule has 0 aliphatic heterocycles. The lowest BCUT2D eigenvalue weighted by Gasteiger charge is -2.64. The van der Waals surface area contributed by atoms with Crippen molar-refractivity contribution in [3.05, 3.63) is 12.2 Å². The zero-order valence-corrected chi connectivity index (χ0v) is 59.8. The van der Waals surface area contributed by atoms with Crippen molar-refractivity contribution in [3.8, 4) is 0 Å². The Kier molecular flexibility index (Phi) is 21.3. The third-order valence-corrected chi connectivity index (χ3v) is 33.4. The summed E-state index contributed by atoms with van der Waals surface area (Å²) in [4.78, 5) is 26.8. The largest absolute Gasteiger partial charge is 0.481 e. The lowest BCUT2D eigenvalue weighted by molar-refractivity contribution is -0.203. The first kappa shape index (κ1) is 71.1. The normalized spacial score (nSPS) is 50.7. The van der Waals surface area contributed by atoms with Crippen molar-refractivity contribution in [1.29, 1.82) is 0 Å². The summed E-state index contributed by atoms with van der Waals surface area (Å²) >= 11 is 0. The number of aliphatic hydroxyl groups is 6. The highest BCUT2D eigenvalue weighted by Crippen LogP contribution is 2.73. The zero-order valence-electron chi connectivity index (χ0n) is 59.8. The number of carboxylic acids is 1. The number of carbonyl (C=O) groups excluding carboxylic acids is 1. The molecule has 0 aromatic carbocycles. The van der Waals surface area contributed by atoms with Gasteiger partial charge in [-0.05, 0) is 311 Å². The highest BCUT2D eigenvalue weighted by molar-refractivity contribution is 5.73. The van der Waals surface area contributed by atoms with Crippen LogP contribution in [0, 0.1) is 157 Å². The lowest BCUT2D eigenvalue weighted by atomic mass is 9.41. The van der Waals surface area contributed by atoms with E-state index in [-0.39, 0.29) is 70.6 Å². The minimum absolute atomic E-state index is 0.166. The van der Waals surface area contributed by atoms with Crippen LogP contribution in [0.5, 0.6) is 0 Å². The molecule has 1 amide bonds. The van der Waals surface area contributed by atoms with Crippen LogP contribution in [0.2, 0.25) is 0 Å². The quantitative estimate of drug-likeness (QED) is 0.0800. The first-order chi connectivity index (χ1) is 43.6. The fourth-order valence-electron chi connectivity index (χ4n) is 28.8. The van der Waals surface area contributed by atoms with Crippen LogP contribution in [0.1, 0.15) is 275 Å². The first-order valence-electron chi connectivity index (χ1n) is 39.0. The number of aliphatic hydroxyl groups excluding tert-OH is 6. The molecule has 1 aromatic rings. The van der Waals surface area contributed by atoms with E-state index < -0.39 is 5.97 Å². The maximum Gasteiger partial charge on any atom is 0.303 e. The molecule has 33 atom stereocenters. The first-order valence-corrected chi connectivity index (χ1v) is 39.0. The van der Waals surface area contributed by atoms with Crippen molar-refractivity contribution in [2.24, 2.45) is 162 Å². The molecular formula is C79H134N4O9. The summed E-state index contributed by atoms with van der Waals surface area (Å²) in [5, 5.41) is 82.7. The van der Waals surface area contributed by atoms with Crippen LogP contribution in [-0.2, 0) is 16.0 Å². The number of aliphatic carboxylic acids is 1. The van der Waals surface area contributed by atoms with Crippen LogP contribution in [0.4, 0.5) is 0 Å². The molecule has 13 rings (SSSR count). The predicted molar refractivity (Wildman–Crippen MR) is 363 cm³/mol. The lowest BCUT2D eigenvalue weighted by Crippen LogP contribution is -2.62. The highest BCUT2D eigenvalue weighted by atomic mass is 16.4. The number of carbonyl (C=O) groups is 2. The van der Waals surface area contributed by atoms with Gasteiger partial charge in [-0.2, -0.15) is 5.10 Å². The highest BCUT2D eigenvalue weighted by Gasteiger charge is 2.69. The molecule has 0 radical (unpaired) electrons. The average molecular weight is 1280 g/mol. The van der Waals surface area contributed by atoms with Gasteiger partial charge in [0.15, 0.2) is 0 Å². The predicted octanol–water partition coefficient (Wildman–Crippen LogP) is 14.6. The number of hydrogen-bond donors (Lipinski definition) is 9. The molecule has 1 heterocycles. The topological polar surface area (TPSA) is 243 Å². The SMILES string of the molecule is CC[C@H]1[C@@H](O)C2C3CCC([C@H](C)CCC(=O)O)[C@@]3(C)CCC2[C@@]2(C)CC[C@@H](O)C[C@@H]12.CC[C@H]1[C@@H](O)C2C3CCC([C@H](C)CCC(N)=O)[C@@]3(C)CCC2[C@@]2(C)CC[C@@H](O)C[C@@H]12.CC[C@H]1[C@@H](O)C2C3CCC([C@H](C)CCc4ncn[nH]4)[C@@]3(C)CCC2[C@@]2(C)CC[C@@H](O)C[C@@H]12. The second-order valence-electron chi connectivity index (χ2n) is 36.7. The summed E-state index contributed by atoms with van der Waals surface area (Å²) < 4.78 is 0. The summed E-state index contributed by atoms with van der Waals surface area (Å²) in [6.45, 7) is 28.8. The van der Waals surface area contributed by atoms with Gasteiger partial charge in [-0.15, -0.1) is 0 Å². The number of fused-ring (bicyclic) bond motifs is 15. The fraction of sp³-hybridized carbons (Fsp3) is 0.949. The second-order valence-corrected chi connectivity index (χ2v) is 36.7. The zero-order chi connectivity index (χ0) is 66.4. The minimum Gasteiger partial charge on any atom is -0.481 e. The van der Waals surface area contributed by atoms with Crippen molar-refractivity contribution in [1.82, 2.24) is 15.2 Å². The van der Waals surface area contributed by atoms with E-state index in [2.05, 4.69) is 98.3 Å². The van der Waals surface area contributed by atoms with Crippen molar-refractivity contribution >= 4 is 11.9 Å². The Morgan fingerprint density at radius 1 is 0.467 bits per heavy atom. The molecule has 12 unspecified atom stereocenters. The molecule has 524 valence electrons. The van der Waals surface area contributed by atoms with Gasteiger partial charge in [0.25, 0.3) is 0 Å². The number of aromatic amines is 1. The van der Waals surface area contributed by atoms with E-state index >= 15 is 0 Å². The van der Waals surface area contributed by atoms with Gasteiger partial charge in [-0.3, -0.25) is 14.7 Å². The van der Waals surface area contributed by atoms with E-state index in [0.29, 0.717) is 136 Å². The van der Waals surface area contributed by atoms with E-state index in [1.54, 1.807) is 6.33 Å². The standard InChI is InChI=1S/C27H45N3O2.C26H45NO3.C26H44O4/c1-5-18-22-14-17(31)10-12-27(22,4)21-11-13-26(3)19(7-8-20(26)24(21)25(18)32)16(2)6-9-23-28-15-29-30-23;1-5-17-21-14-16(28)10-12-26(21,4)20-11-13-25(3)18(15(2)6-9-22(27)29)7-8-19(25)23(20)24(17)30;1-5-17-21-14-16(27)10-12-26(21,4)20-11-13-25(3)18(15(2)6-9-22(28)29)7-8-19(25)23(20)24(17)30/h15-22,24-25,31-32H,5-14H2,1-4H3,(H,28,29,30);15-21,23-24,28,30H,5-14H2,1-4H3,(H2,27,29);15-21,23-24,27,30H,5-14H2,1-4H3,(H,28,29)/t16-,17-,18-,19?,20?,21?,22+,24?,25-,26-,27-;2*15-,16-,17-,18?,19?,20?,21+,23?,24-,25-,26-/m111/s1. The van der Waals surface area contributed by atoms with Crippen LogP contribution in [0.25, 0.3) is 0 Å². The van der Waals surface area contributed by atoms with Gasteiger partial charge >= 0.3 is 5.97 Å². The summed E-state index contributed by atoms with van der Waals surface area (Å²) in [5.41, 5.74) is 7.09. The maximum atomic E-state index is 11.8. The molecule has 10 N–H and O–H groups in total. The molecule has 0 spiro atoms. The Hall–Kier alpha value is -2.16. The van der Waals surface area contributed by atoms with Gasteiger partial charge in [-0.1, -0.05) is 102 Å². The molecule has 12 aliphatic carbocycles. The van der Waals surface area contributed by atoms with Gasteiger partial charge in [0.2, 0.25) is 5.91 Å². The van der Waals surface area contributed by atoms with Crippen LogP contribution < -0.4 is 5.73 Å². The molecule has 13 heteroatoms. The van der Waals surface area contributed by atoms with Crippen molar-refractivity contribution in [2.75, 3.05) is 0 Å². The van der Waals surface area contributed by atoms with E-state index in [1.165, 1.54) is 77.0 Å². The van der Waals surface area contributed by atoms with Gasteiger partial charge in [0, 0.05) is 19.3 Å². The molecular weight excluding hydrogens is 1150 g/mol. The number of primary amides is 1. The number of hydrogen-bond acceptors (Lipinski definition) is 10. The number of amides is 1. The number of rotatable bonds is 15. The fourth-order valence-corrected chi connectivity index (χ4v) is 28.8. The molecule has 12 saturated carbocycles. The van der Waals surface area contributed by atoms with Crippen molar-refractivity contribution < 1.29 is 45.3 Å². The Morgan fingerprint density at radius 3 is 1.09 bits per heavy atom. The van der Waals surface area contributed by atoms with E-state index in [0.717, 1.165) is 114 Å². The summed E-state index contributed by atoms with van der Waals surface area (Å²) in [5.74, 6) is 10.9. The molecule has 12 fully saturated rings. The van der Waals surface area contributed by atoms with Gasteiger partial charge in [0.1, 0.15) is 12.2 Å². The summed E-state index contributed by atoms with van der Waals surface area (Å²) in [6, 6.07) is 0. The van der Waals surface area contributed by atoms with Gasteiger partial charge in [0.05, 0.1) is 36.6 Å². The Morgan fingerprint density at radius 2 is 0.783 bits per heavy atom. The smallest absolute Gasteiger partial charge is 0.303 e. The summed E-state index contributed by atoms with van der Waals surface area (Å²) in [6.07, 6.45) is 31.7. The number of nitrogens with two attached hydrogens (primary N) is 1. The van der Waals surface area contributed by atoms with Gasteiger partial charge < -0.3 is 41.5 Å². The number of aromatic nitrogens is 3. The summed E-state index contributed by atoms with van der Waals surface area (Å²) in [7, 11) is 0. The van der Waals surface area contributed by atoms with E-state index in [4.69, 9.17) is 10.8 Å². The molecule has 0 saturated heterocycles. The number of nitrogens with one attached hydrogen (secondary N) is 1. The third-order valence-electron chi connectivity index (χ3n) is 33.4. The maximum absolute atomic E-state index is 11.8. The minimum atomic E-state index is -0.683. The number of nitrogens with zero attached hydrogens (tertiary/aromatic N) is 2. The number of aryl methyl sites for hydroxylation is 1. The van der Waals surface area contributed by atoms with Crippen LogP contribution in [0.15, 0.2) is 6.33 Å². The average Bonchev–Trinajstić information content (AvgIpc) is 1.22. The molecule has 13 nitrogen and oxygen atoms in total. The monoisotopic (exact) mass is 1280 g/mol. The second kappa shape index (κ2) is 27.5. The Bertz CT molecular complexity index is 2530. The molecule has 92 heavy (non-hydrogen) atoms. The van der Waals surface area contributed by atoms with Crippen LogP contribution in [-0.4, -0.2) is 99.4 Å². The van der Waals surface area contributed by atoms with E-state index in [1.807, 2.05) is 0 Å². The molecule has 1 aromatic heterocycles. The third kappa shape index (κ3) is 12.2. The van der Waals surface area contributed by atoms with Crippen molar-refractivity contribution in [2.45, 2.75) is 312 Å². The van der Waals surface area contributed by atoms with Crippen LogP contribution >= 0.6 is 0 Å². The van der Waals surface area contributed by atoms with Crippen LogP contribution in [0.3, 0.4) is 0 Å². The Labute approximate surface area is 556 Å². The Balaban J connectivity index is 0.000000141. The molecule has 12 aliphatic rings. The molecule has 0 bridgehead atoms. The van der Waals surface area contributed by atoms with Crippen molar-refractivity contribution in [3.63, 3.8) is 0 Å².